The fourth-order valence-electron chi connectivity index (χ4n) is 6.49. The van der Waals surface area contributed by atoms with Gasteiger partial charge in [0.2, 0.25) is 0 Å². The number of ether oxygens (including phenoxy) is 1. The minimum absolute atomic E-state index is 0.324. The molecule has 1 heterocycles. The molecular weight excluding hydrogens is 184 g/mol. The van der Waals surface area contributed by atoms with Gasteiger partial charge in [-0.05, 0) is 68.1 Å². The van der Waals surface area contributed by atoms with Crippen molar-refractivity contribution < 1.29 is 4.74 Å². The first-order chi connectivity index (χ1) is 7.26. The van der Waals surface area contributed by atoms with E-state index >= 15 is 0 Å². The van der Waals surface area contributed by atoms with Crippen LogP contribution in [0.15, 0.2) is 0 Å². The Morgan fingerprint density at radius 3 is 2.67 bits per heavy atom. The molecule has 0 aromatic carbocycles. The van der Waals surface area contributed by atoms with Crippen molar-refractivity contribution in [1.29, 1.82) is 0 Å². The van der Waals surface area contributed by atoms with Crippen LogP contribution in [0.4, 0.5) is 0 Å². The second-order valence-electron chi connectivity index (χ2n) is 7.09. The van der Waals surface area contributed by atoms with Crippen LogP contribution >= 0.6 is 0 Å². The van der Waals surface area contributed by atoms with E-state index in [9.17, 15) is 0 Å². The standard InChI is InChI=1S/C14H20O/c1-13-8-3-2-4-9(13)12-11(15-13)7-10(8)14(12)5-6-14/h8-12H,2-7H2,1H3/t8-,9+,10-,11-,12-,13+/m1/s1. The second kappa shape index (κ2) is 2.03. The zero-order valence-corrected chi connectivity index (χ0v) is 9.54. The van der Waals surface area contributed by atoms with Gasteiger partial charge in [-0.15, -0.1) is 0 Å². The predicted molar refractivity (Wildman–Crippen MR) is 57.4 cm³/mol. The van der Waals surface area contributed by atoms with E-state index in [1.165, 1.54) is 25.7 Å². The molecular formula is C14H20O. The van der Waals surface area contributed by atoms with Crippen molar-refractivity contribution in [3.8, 4) is 0 Å². The fourth-order valence-corrected chi connectivity index (χ4v) is 6.49. The topological polar surface area (TPSA) is 9.23 Å². The van der Waals surface area contributed by atoms with E-state index in [4.69, 9.17) is 4.74 Å². The van der Waals surface area contributed by atoms with Gasteiger partial charge in [-0.1, -0.05) is 6.42 Å². The first kappa shape index (κ1) is 8.11. The molecule has 15 heavy (non-hydrogen) atoms. The number of hydrogen-bond acceptors (Lipinski definition) is 1. The van der Waals surface area contributed by atoms with Crippen molar-refractivity contribution in [1.82, 2.24) is 0 Å². The minimum Gasteiger partial charge on any atom is -0.371 e. The Morgan fingerprint density at radius 1 is 1.07 bits per heavy atom. The lowest BCUT2D eigenvalue weighted by molar-refractivity contribution is -0.165. The van der Waals surface area contributed by atoms with E-state index in [1.54, 1.807) is 12.8 Å². The van der Waals surface area contributed by atoms with Crippen LogP contribution in [0.2, 0.25) is 0 Å². The Kier molecular flexibility index (Phi) is 1.10. The average molecular weight is 204 g/mol. The summed E-state index contributed by atoms with van der Waals surface area (Å²) in [5.41, 5.74) is 1.14. The molecule has 5 aliphatic rings. The van der Waals surface area contributed by atoms with Gasteiger partial charge < -0.3 is 4.74 Å². The minimum atomic E-state index is 0.324. The molecule has 1 nitrogen and oxygen atoms in total. The first-order valence-corrected chi connectivity index (χ1v) is 6.93. The summed E-state index contributed by atoms with van der Waals surface area (Å²) in [4.78, 5) is 0. The summed E-state index contributed by atoms with van der Waals surface area (Å²) < 4.78 is 6.48. The Bertz CT molecular complexity index is 337. The number of fused-ring (bicyclic) bond motifs is 1. The van der Waals surface area contributed by atoms with Gasteiger partial charge in [0.05, 0.1) is 11.7 Å². The second-order valence-corrected chi connectivity index (χ2v) is 7.09. The fraction of sp³-hybridized carbons (Fsp3) is 1.00. The van der Waals surface area contributed by atoms with Crippen molar-refractivity contribution in [3.63, 3.8) is 0 Å². The Morgan fingerprint density at radius 2 is 1.87 bits per heavy atom. The zero-order chi connectivity index (χ0) is 9.84. The van der Waals surface area contributed by atoms with Gasteiger partial charge in [0.25, 0.3) is 0 Å². The van der Waals surface area contributed by atoms with E-state index in [1.807, 2.05) is 0 Å². The van der Waals surface area contributed by atoms with E-state index in [0.717, 1.165) is 29.1 Å². The summed E-state index contributed by atoms with van der Waals surface area (Å²) in [6.45, 7) is 2.45. The molecule has 0 radical (unpaired) electrons. The zero-order valence-electron chi connectivity index (χ0n) is 9.54. The lowest BCUT2D eigenvalue weighted by Crippen LogP contribution is -2.55. The molecule has 4 aliphatic carbocycles. The molecule has 1 saturated heterocycles. The van der Waals surface area contributed by atoms with Crippen LogP contribution in [-0.2, 0) is 4.74 Å². The Labute approximate surface area is 91.6 Å². The molecule has 0 N–H and O–H groups in total. The third kappa shape index (κ3) is 0.638. The third-order valence-electron chi connectivity index (χ3n) is 6.94. The van der Waals surface area contributed by atoms with Crippen molar-refractivity contribution >= 4 is 0 Å². The lowest BCUT2D eigenvalue weighted by Gasteiger charge is -2.54. The van der Waals surface area contributed by atoms with Crippen LogP contribution in [0.3, 0.4) is 0 Å². The smallest absolute Gasteiger partial charge is 0.0721 e. The van der Waals surface area contributed by atoms with E-state index < -0.39 is 0 Å². The maximum Gasteiger partial charge on any atom is 0.0721 e. The molecule has 1 spiro atoms. The van der Waals surface area contributed by atoms with Crippen molar-refractivity contribution in [2.75, 3.05) is 0 Å². The highest BCUT2D eigenvalue weighted by Gasteiger charge is 2.78. The Balaban J connectivity index is 1.75. The molecule has 5 fully saturated rings. The van der Waals surface area contributed by atoms with Gasteiger partial charge in [-0.2, -0.15) is 0 Å². The third-order valence-corrected chi connectivity index (χ3v) is 6.94. The van der Waals surface area contributed by atoms with Crippen LogP contribution in [0.5, 0.6) is 0 Å². The maximum atomic E-state index is 6.48. The van der Waals surface area contributed by atoms with Crippen LogP contribution in [-0.4, -0.2) is 11.7 Å². The molecule has 6 atom stereocenters. The maximum absolute atomic E-state index is 6.48. The van der Waals surface area contributed by atoms with Crippen molar-refractivity contribution in [2.24, 2.45) is 29.1 Å². The normalized spacial score (nSPS) is 66.6. The highest BCUT2D eigenvalue weighted by Crippen LogP contribution is 2.80. The molecule has 1 aliphatic heterocycles. The quantitative estimate of drug-likeness (QED) is 0.589. The highest BCUT2D eigenvalue weighted by atomic mass is 16.5. The van der Waals surface area contributed by atoms with Gasteiger partial charge in [-0.25, -0.2) is 0 Å². The number of rotatable bonds is 0. The lowest BCUT2D eigenvalue weighted by atomic mass is 9.53. The summed E-state index contributed by atoms with van der Waals surface area (Å²) in [5, 5.41) is 0. The SMILES string of the molecule is C[C@]12O[C@@H]3C[C@@H]4[C@H]1CCC[C@H]2[C@H]3C41CC1. The van der Waals surface area contributed by atoms with E-state index in [2.05, 4.69) is 6.92 Å². The summed E-state index contributed by atoms with van der Waals surface area (Å²) in [6.07, 6.45) is 9.64. The Hall–Kier alpha value is -0.0400. The van der Waals surface area contributed by atoms with Crippen LogP contribution in [0.1, 0.15) is 45.4 Å². The summed E-state index contributed by atoms with van der Waals surface area (Å²) in [6, 6.07) is 0. The monoisotopic (exact) mass is 204 g/mol. The van der Waals surface area contributed by atoms with Gasteiger partial charge in [0, 0.05) is 0 Å². The summed E-state index contributed by atoms with van der Waals surface area (Å²) >= 11 is 0. The van der Waals surface area contributed by atoms with Gasteiger partial charge in [0.1, 0.15) is 0 Å². The average Bonchev–Trinajstić information content (AvgIpc) is 2.86. The van der Waals surface area contributed by atoms with Crippen molar-refractivity contribution in [2.45, 2.75) is 57.2 Å². The van der Waals surface area contributed by atoms with E-state index in [0.29, 0.717) is 11.7 Å². The van der Waals surface area contributed by atoms with Gasteiger partial charge in [0.15, 0.2) is 0 Å². The molecule has 4 saturated carbocycles. The molecule has 82 valence electrons. The largest absolute Gasteiger partial charge is 0.371 e. The molecule has 0 amide bonds. The summed E-state index contributed by atoms with van der Waals surface area (Å²) in [7, 11) is 0. The van der Waals surface area contributed by atoms with Crippen LogP contribution in [0, 0.1) is 29.1 Å². The molecule has 1 heteroatoms. The highest BCUT2D eigenvalue weighted by molar-refractivity contribution is 5.26. The molecule has 0 aromatic heterocycles. The van der Waals surface area contributed by atoms with Gasteiger partial charge >= 0.3 is 0 Å². The van der Waals surface area contributed by atoms with Crippen LogP contribution in [0.25, 0.3) is 0 Å². The molecule has 5 bridgehead atoms. The number of hydrogen-bond donors (Lipinski definition) is 0. The first-order valence-electron chi connectivity index (χ1n) is 6.93. The van der Waals surface area contributed by atoms with Crippen LogP contribution < -0.4 is 0 Å². The van der Waals surface area contributed by atoms with E-state index in [-0.39, 0.29) is 0 Å². The van der Waals surface area contributed by atoms with Crippen molar-refractivity contribution in [3.05, 3.63) is 0 Å². The van der Waals surface area contributed by atoms with Gasteiger partial charge in [-0.3, -0.25) is 0 Å². The molecule has 0 aromatic rings. The summed E-state index contributed by atoms with van der Waals surface area (Å²) in [5.74, 6) is 3.95. The predicted octanol–water partition coefficient (Wildman–Crippen LogP) is 2.99. The molecule has 0 unspecified atom stereocenters. The molecule has 5 rings (SSSR count).